The molecule has 1 aromatic carbocycles. The predicted octanol–water partition coefficient (Wildman–Crippen LogP) is 1.51. The van der Waals surface area contributed by atoms with Crippen molar-refractivity contribution in [3.8, 4) is 5.69 Å². The molecule has 2 aromatic rings. The largest absolute Gasteiger partial charge is 0.480 e. The number of hydrogen-bond donors (Lipinski definition) is 1. The summed E-state index contributed by atoms with van der Waals surface area (Å²) in [6, 6.07) is 7.40. The molecule has 0 aliphatic carbocycles. The van der Waals surface area contributed by atoms with E-state index in [4.69, 9.17) is 9.84 Å². The van der Waals surface area contributed by atoms with Crippen molar-refractivity contribution in [2.75, 3.05) is 26.8 Å². The van der Waals surface area contributed by atoms with Crippen LogP contribution < -0.4 is 0 Å². The molecule has 0 spiro atoms. The number of carbonyl (C=O) groups is 2. The molecule has 1 amide bonds. The van der Waals surface area contributed by atoms with Crippen LogP contribution in [-0.4, -0.2) is 63.7 Å². The van der Waals surface area contributed by atoms with Gasteiger partial charge in [0.25, 0.3) is 5.91 Å². The SMILES string of the molecule is COCCN(CC(=O)O)C(=O)c1nnn(-c2cccc(Br)c2)c1C. The second-order valence-corrected chi connectivity index (χ2v) is 5.94. The Hall–Kier alpha value is -2.26. The second kappa shape index (κ2) is 8.02. The van der Waals surface area contributed by atoms with Crippen molar-refractivity contribution in [2.45, 2.75) is 6.92 Å². The van der Waals surface area contributed by atoms with Crippen molar-refractivity contribution in [3.63, 3.8) is 0 Å². The number of methoxy groups -OCH3 is 1. The quantitative estimate of drug-likeness (QED) is 0.761. The van der Waals surface area contributed by atoms with E-state index in [0.29, 0.717) is 5.69 Å². The van der Waals surface area contributed by atoms with Crippen LogP contribution in [0.2, 0.25) is 0 Å². The van der Waals surface area contributed by atoms with Gasteiger partial charge in [-0.1, -0.05) is 27.2 Å². The number of amides is 1. The van der Waals surface area contributed by atoms with Crippen LogP contribution in [0.15, 0.2) is 28.7 Å². The van der Waals surface area contributed by atoms with E-state index >= 15 is 0 Å². The van der Waals surface area contributed by atoms with Crippen LogP contribution in [-0.2, 0) is 9.53 Å². The standard InChI is InChI=1S/C15H17BrN4O4/c1-10-14(15(23)19(6-7-24-2)9-13(21)22)17-18-20(10)12-5-3-4-11(16)8-12/h3-5,8H,6-7,9H2,1-2H3,(H,21,22). The molecule has 0 bridgehead atoms. The minimum Gasteiger partial charge on any atom is -0.480 e. The van der Waals surface area contributed by atoms with E-state index in [0.717, 1.165) is 10.2 Å². The summed E-state index contributed by atoms with van der Waals surface area (Å²) in [6.07, 6.45) is 0. The molecule has 0 aliphatic rings. The summed E-state index contributed by atoms with van der Waals surface area (Å²) in [4.78, 5) is 24.8. The van der Waals surface area contributed by atoms with Crippen molar-refractivity contribution in [1.82, 2.24) is 19.9 Å². The summed E-state index contributed by atoms with van der Waals surface area (Å²) in [5.41, 5.74) is 1.40. The van der Waals surface area contributed by atoms with Gasteiger partial charge in [-0.2, -0.15) is 0 Å². The molecule has 0 radical (unpaired) electrons. The second-order valence-electron chi connectivity index (χ2n) is 5.03. The fraction of sp³-hybridized carbons (Fsp3) is 0.333. The molecule has 2 rings (SSSR count). The van der Waals surface area contributed by atoms with E-state index in [2.05, 4.69) is 26.2 Å². The molecular formula is C15H17BrN4O4. The Balaban J connectivity index is 2.30. The number of nitrogens with zero attached hydrogens (tertiary/aromatic N) is 4. The van der Waals surface area contributed by atoms with Crippen LogP contribution in [0.5, 0.6) is 0 Å². The average Bonchev–Trinajstić information content (AvgIpc) is 2.92. The number of rotatable bonds is 7. The molecule has 0 aliphatic heterocycles. The summed E-state index contributed by atoms with van der Waals surface area (Å²) in [6.45, 7) is 1.68. The van der Waals surface area contributed by atoms with Crippen LogP contribution in [0.1, 0.15) is 16.2 Å². The van der Waals surface area contributed by atoms with Gasteiger partial charge >= 0.3 is 5.97 Å². The average molecular weight is 397 g/mol. The Bertz CT molecular complexity index is 747. The highest BCUT2D eigenvalue weighted by Crippen LogP contribution is 2.18. The molecule has 128 valence electrons. The summed E-state index contributed by atoms with van der Waals surface area (Å²) < 4.78 is 7.33. The van der Waals surface area contributed by atoms with E-state index in [-0.39, 0.29) is 18.8 Å². The number of carbonyl (C=O) groups excluding carboxylic acids is 1. The lowest BCUT2D eigenvalue weighted by Crippen LogP contribution is -2.38. The van der Waals surface area contributed by atoms with E-state index in [1.165, 1.54) is 16.7 Å². The number of halogens is 1. The van der Waals surface area contributed by atoms with Crippen LogP contribution in [0.3, 0.4) is 0 Å². The van der Waals surface area contributed by atoms with Crippen molar-refractivity contribution in [2.24, 2.45) is 0 Å². The topological polar surface area (TPSA) is 97.6 Å². The number of carboxylic acid groups (broad SMARTS) is 1. The third-order valence-electron chi connectivity index (χ3n) is 3.33. The molecule has 1 aromatic heterocycles. The van der Waals surface area contributed by atoms with Crippen molar-refractivity contribution in [1.29, 1.82) is 0 Å². The number of ether oxygens (including phenoxy) is 1. The van der Waals surface area contributed by atoms with E-state index < -0.39 is 18.4 Å². The molecule has 1 N–H and O–H groups in total. The van der Waals surface area contributed by atoms with E-state index in [9.17, 15) is 9.59 Å². The van der Waals surface area contributed by atoms with Crippen molar-refractivity contribution >= 4 is 27.8 Å². The molecule has 0 unspecified atom stereocenters. The third kappa shape index (κ3) is 4.18. The van der Waals surface area contributed by atoms with Gasteiger partial charge in [0.2, 0.25) is 0 Å². The lowest BCUT2D eigenvalue weighted by molar-refractivity contribution is -0.137. The van der Waals surface area contributed by atoms with Gasteiger partial charge in [0.15, 0.2) is 5.69 Å². The zero-order valence-corrected chi connectivity index (χ0v) is 14.9. The Morgan fingerprint density at radius 3 is 2.79 bits per heavy atom. The minimum atomic E-state index is -1.10. The highest BCUT2D eigenvalue weighted by atomic mass is 79.9. The molecule has 24 heavy (non-hydrogen) atoms. The summed E-state index contributed by atoms with van der Waals surface area (Å²) in [7, 11) is 1.48. The van der Waals surface area contributed by atoms with Gasteiger partial charge in [0.1, 0.15) is 6.54 Å². The Morgan fingerprint density at radius 1 is 1.42 bits per heavy atom. The highest BCUT2D eigenvalue weighted by Gasteiger charge is 2.24. The number of hydrogen-bond acceptors (Lipinski definition) is 5. The maximum Gasteiger partial charge on any atom is 0.323 e. The highest BCUT2D eigenvalue weighted by molar-refractivity contribution is 9.10. The maximum atomic E-state index is 12.6. The van der Waals surface area contributed by atoms with Crippen molar-refractivity contribution in [3.05, 3.63) is 40.1 Å². The Morgan fingerprint density at radius 2 is 2.17 bits per heavy atom. The van der Waals surface area contributed by atoms with Gasteiger partial charge in [-0.15, -0.1) is 5.10 Å². The molecular weight excluding hydrogens is 380 g/mol. The third-order valence-corrected chi connectivity index (χ3v) is 3.82. The number of benzene rings is 1. The van der Waals surface area contributed by atoms with Gasteiger partial charge in [0.05, 0.1) is 18.0 Å². The summed E-state index contributed by atoms with van der Waals surface area (Å²) in [5, 5.41) is 16.9. The molecule has 0 atom stereocenters. The van der Waals surface area contributed by atoms with E-state index in [1.807, 2.05) is 24.3 Å². The lowest BCUT2D eigenvalue weighted by Gasteiger charge is -2.19. The molecule has 9 heteroatoms. The molecule has 1 heterocycles. The molecule has 8 nitrogen and oxygen atoms in total. The fourth-order valence-electron chi connectivity index (χ4n) is 2.15. The summed E-state index contributed by atoms with van der Waals surface area (Å²) >= 11 is 3.38. The zero-order chi connectivity index (χ0) is 17.7. The van der Waals surface area contributed by atoms with Gasteiger partial charge in [0, 0.05) is 18.1 Å². The Kier molecular flexibility index (Phi) is 6.04. The number of aromatic nitrogens is 3. The van der Waals surface area contributed by atoms with Gasteiger partial charge < -0.3 is 14.7 Å². The zero-order valence-electron chi connectivity index (χ0n) is 13.3. The summed E-state index contributed by atoms with van der Waals surface area (Å²) in [5.74, 6) is -1.59. The Labute approximate surface area is 147 Å². The minimum absolute atomic E-state index is 0.118. The van der Waals surface area contributed by atoms with Gasteiger partial charge in [-0.25, -0.2) is 4.68 Å². The molecule has 0 saturated heterocycles. The van der Waals surface area contributed by atoms with Crippen molar-refractivity contribution < 1.29 is 19.4 Å². The monoisotopic (exact) mass is 396 g/mol. The van der Waals surface area contributed by atoms with Crippen LogP contribution >= 0.6 is 15.9 Å². The fourth-order valence-corrected chi connectivity index (χ4v) is 2.53. The first kappa shape index (κ1) is 18.1. The first-order chi connectivity index (χ1) is 11.4. The maximum absolute atomic E-state index is 12.6. The molecule has 0 saturated carbocycles. The van der Waals surface area contributed by atoms with Crippen LogP contribution in [0, 0.1) is 6.92 Å². The van der Waals surface area contributed by atoms with Crippen LogP contribution in [0.25, 0.3) is 5.69 Å². The first-order valence-electron chi connectivity index (χ1n) is 7.12. The van der Waals surface area contributed by atoms with Crippen LogP contribution in [0.4, 0.5) is 0 Å². The number of carboxylic acids is 1. The normalized spacial score (nSPS) is 10.6. The van der Waals surface area contributed by atoms with Gasteiger partial charge in [-0.3, -0.25) is 9.59 Å². The van der Waals surface area contributed by atoms with Gasteiger partial charge in [-0.05, 0) is 25.1 Å². The first-order valence-corrected chi connectivity index (χ1v) is 7.91. The predicted molar refractivity (Wildman–Crippen MR) is 89.2 cm³/mol. The van der Waals surface area contributed by atoms with E-state index in [1.54, 1.807) is 6.92 Å². The lowest BCUT2D eigenvalue weighted by atomic mass is 10.2. The molecule has 0 fully saturated rings. The number of aliphatic carboxylic acids is 1. The smallest absolute Gasteiger partial charge is 0.323 e.